The Bertz CT molecular complexity index is 791. The minimum Gasteiger partial charge on any atom is -0.379 e. The van der Waals surface area contributed by atoms with Crippen LogP contribution in [0.4, 0.5) is 5.82 Å². The topological polar surface area (TPSA) is 50.3 Å². The van der Waals surface area contributed by atoms with Gasteiger partial charge in [0.2, 0.25) is 0 Å². The third kappa shape index (κ3) is 4.70. The van der Waals surface area contributed by atoms with Crippen LogP contribution in [0.3, 0.4) is 0 Å². The van der Waals surface area contributed by atoms with E-state index in [4.69, 9.17) is 14.7 Å². The molecule has 1 saturated heterocycles. The molecule has 0 saturated carbocycles. The monoisotopic (exact) mass is 360 g/mol. The average molecular weight is 360 g/mol. The van der Waals surface area contributed by atoms with E-state index in [0.29, 0.717) is 0 Å². The first-order valence-corrected chi connectivity index (χ1v) is 9.42. The van der Waals surface area contributed by atoms with E-state index in [-0.39, 0.29) is 0 Å². The van der Waals surface area contributed by atoms with Crippen molar-refractivity contribution in [3.8, 4) is 22.6 Å². The number of nitrogens with one attached hydrogen (secondary N) is 1. The summed E-state index contributed by atoms with van der Waals surface area (Å²) in [5.41, 5.74) is 3.04. The van der Waals surface area contributed by atoms with Crippen molar-refractivity contribution < 1.29 is 4.74 Å². The SMILES string of the molecule is c1ccc(-c2cc(NCCN3CCOCC3)nc(-c3ccccc3)n2)cc1. The molecule has 0 amide bonds. The molecule has 1 N–H and O–H groups in total. The Morgan fingerprint density at radius 3 is 2.22 bits per heavy atom. The number of nitrogens with zero attached hydrogens (tertiary/aromatic N) is 3. The molecule has 0 atom stereocenters. The number of morpholine rings is 1. The molecule has 138 valence electrons. The van der Waals surface area contributed by atoms with Crippen molar-refractivity contribution in [1.82, 2.24) is 14.9 Å². The van der Waals surface area contributed by atoms with Crippen LogP contribution in [0.25, 0.3) is 22.6 Å². The number of anilines is 1. The Kier molecular flexibility index (Phi) is 5.72. The van der Waals surface area contributed by atoms with Gasteiger partial charge < -0.3 is 10.1 Å². The normalized spacial score (nSPS) is 14.8. The molecule has 5 heteroatoms. The zero-order chi connectivity index (χ0) is 18.3. The largest absolute Gasteiger partial charge is 0.379 e. The molecule has 1 fully saturated rings. The van der Waals surface area contributed by atoms with E-state index in [1.807, 2.05) is 54.6 Å². The van der Waals surface area contributed by atoms with Crippen LogP contribution in [0, 0.1) is 0 Å². The minimum atomic E-state index is 0.742. The van der Waals surface area contributed by atoms with E-state index in [2.05, 4.69) is 22.3 Å². The van der Waals surface area contributed by atoms with Gasteiger partial charge in [-0.3, -0.25) is 4.90 Å². The Labute approximate surface area is 160 Å². The van der Waals surface area contributed by atoms with Gasteiger partial charge in [0.05, 0.1) is 18.9 Å². The second-order valence-corrected chi connectivity index (χ2v) is 6.57. The predicted molar refractivity (Wildman–Crippen MR) is 109 cm³/mol. The lowest BCUT2D eigenvalue weighted by Crippen LogP contribution is -2.39. The molecular weight excluding hydrogens is 336 g/mol. The first-order chi connectivity index (χ1) is 13.4. The Hall–Kier alpha value is -2.76. The van der Waals surface area contributed by atoms with Crippen molar-refractivity contribution >= 4 is 5.82 Å². The molecule has 4 rings (SSSR count). The molecule has 0 bridgehead atoms. The van der Waals surface area contributed by atoms with Gasteiger partial charge in [-0.05, 0) is 0 Å². The van der Waals surface area contributed by atoms with Gasteiger partial charge in [0.15, 0.2) is 5.82 Å². The number of rotatable bonds is 6. The Morgan fingerprint density at radius 2 is 1.52 bits per heavy atom. The van der Waals surface area contributed by atoms with E-state index in [9.17, 15) is 0 Å². The zero-order valence-corrected chi connectivity index (χ0v) is 15.3. The molecule has 0 unspecified atom stereocenters. The number of hydrogen-bond donors (Lipinski definition) is 1. The summed E-state index contributed by atoms with van der Waals surface area (Å²) in [7, 11) is 0. The van der Waals surface area contributed by atoms with Gasteiger partial charge in [-0.25, -0.2) is 9.97 Å². The summed E-state index contributed by atoms with van der Waals surface area (Å²) in [6.07, 6.45) is 0. The van der Waals surface area contributed by atoms with Crippen LogP contribution < -0.4 is 5.32 Å². The average Bonchev–Trinajstić information content (AvgIpc) is 2.76. The highest BCUT2D eigenvalue weighted by Crippen LogP contribution is 2.24. The smallest absolute Gasteiger partial charge is 0.162 e. The summed E-state index contributed by atoms with van der Waals surface area (Å²) in [4.78, 5) is 12.0. The van der Waals surface area contributed by atoms with Gasteiger partial charge in [0.25, 0.3) is 0 Å². The molecule has 1 aliphatic rings. The minimum absolute atomic E-state index is 0.742. The quantitative estimate of drug-likeness (QED) is 0.728. The Balaban J connectivity index is 1.56. The fraction of sp³-hybridized carbons (Fsp3) is 0.273. The van der Waals surface area contributed by atoms with Crippen LogP contribution in [0.2, 0.25) is 0 Å². The lowest BCUT2D eigenvalue weighted by atomic mass is 10.1. The third-order valence-electron chi connectivity index (χ3n) is 4.67. The highest BCUT2D eigenvalue weighted by molar-refractivity contribution is 5.67. The van der Waals surface area contributed by atoms with E-state index >= 15 is 0 Å². The highest BCUT2D eigenvalue weighted by atomic mass is 16.5. The number of benzene rings is 2. The van der Waals surface area contributed by atoms with E-state index < -0.39 is 0 Å². The van der Waals surface area contributed by atoms with Gasteiger partial charge in [-0.1, -0.05) is 60.7 Å². The highest BCUT2D eigenvalue weighted by Gasteiger charge is 2.11. The van der Waals surface area contributed by atoms with Crippen LogP contribution in [0.1, 0.15) is 0 Å². The van der Waals surface area contributed by atoms with Crippen molar-refractivity contribution in [3.05, 3.63) is 66.7 Å². The summed E-state index contributed by atoms with van der Waals surface area (Å²) in [5.74, 6) is 1.60. The van der Waals surface area contributed by atoms with E-state index in [1.165, 1.54) is 0 Å². The summed E-state index contributed by atoms with van der Waals surface area (Å²) < 4.78 is 5.41. The van der Waals surface area contributed by atoms with Gasteiger partial charge in [0.1, 0.15) is 5.82 Å². The molecule has 2 aromatic carbocycles. The number of hydrogen-bond acceptors (Lipinski definition) is 5. The van der Waals surface area contributed by atoms with Crippen LogP contribution >= 0.6 is 0 Å². The molecule has 1 aliphatic heterocycles. The van der Waals surface area contributed by atoms with Crippen molar-refractivity contribution in [1.29, 1.82) is 0 Å². The standard InChI is InChI=1S/C22H24N4O/c1-3-7-18(8-4-1)20-17-21(23-11-12-26-13-15-27-16-14-26)25-22(24-20)19-9-5-2-6-10-19/h1-10,17H,11-16H2,(H,23,24,25). The Morgan fingerprint density at radius 1 is 0.852 bits per heavy atom. The van der Waals surface area contributed by atoms with Crippen LogP contribution in [0.5, 0.6) is 0 Å². The first-order valence-electron chi connectivity index (χ1n) is 9.42. The second-order valence-electron chi connectivity index (χ2n) is 6.57. The van der Waals surface area contributed by atoms with Crippen molar-refractivity contribution in [2.24, 2.45) is 0 Å². The first kappa shape index (κ1) is 17.6. The second kappa shape index (κ2) is 8.75. The summed E-state index contributed by atoms with van der Waals surface area (Å²) >= 11 is 0. The number of ether oxygens (including phenoxy) is 1. The molecule has 5 nitrogen and oxygen atoms in total. The predicted octanol–water partition coefficient (Wildman–Crippen LogP) is 3.55. The molecule has 0 radical (unpaired) electrons. The van der Waals surface area contributed by atoms with Gasteiger partial charge >= 0.3 is 0 Å². The summed E-state index contributed by atoms with van der Waals surface area (Å²) in [6, 6.07) is 22.4. The van der Waals surface area contributed by atoms with E-state index in [1.54, 1.807) is 0 Å². The van der Waals surface area contributed by atoms with Gasteiger partial charge in [-0.2, -0.15) is 0 Å². The van der Waals surface area contributed by atoms with E-state index in [0.717, 1.165) is 67.9 Å². The zero-order valence-electron chi connectivity index (χ0n) is 15.3. The number of aromatic nitrogens is 2. The van der Waals surface area contributed by atoms with Crippen LogP contribution in [-0.4, -0.2) is 54.3 Å². The lowest BCUT2D eigenvalue weighted by molar-refractivity contribution is 0.0398. The third-order valence-corrected chi connectivity index (χ3v) is 4.67. The summed E-state index contributed by atoms with van der Waals surface area (Å²) in [6.45, 7) is 5.47. The van der Waals surface area contributed by atoms with Crippen LogP contribution in [0.15, 0.2) is 66.7 Å². The maximum atomic E-state index is 5.41. The molecule has 3 aromatic rings. The van der Waals surface area contributed by atoms with Gasteiger partial charge in [0, 0.05) is 43.4 Å². The van der Waals surface area contributed by atoms with Gasteiger partial charge in [-0.15, -0.1) is 0 Å². The van der Waals surface area contributed by atoms with Crippen molar-refractivity contribution in [3.63, 3.8) is 0 Å². The lowest BCUT2D eigenvalue weighted by Gasteiger charge is -2.26. The maximum Gasteiger partial charge on any atom is 0.162 e. The van der Waals surface area contributed by atoms with Crippen LogP contribution in [-0.2, 0) is 4.74 Å². The van der Waals surface area contributed by atoms with Crippen molar-refractivity contribution in [2.75, 3.05) is 44.7 Å². The molecule has 1 aromatic heterocycles. The molecular formula is C22H24N4O. The molecule has 27 heavy (non-hydrogen) atoms. The molecule has 2 heterocycles. The fourth-order valence-electron chi connectivity index (χ4n) is 3.18. The molecule has 0 aliphatic carbocycles. The molecule has 0 spiro atoms. The maximum absolute atomic E-state index is 5.41. The fourth-order valence-corrected chi connectivity index (χ4v) is 3.18. The summed E-state index contributed by atoms with van der Waals surface area (Å²) in [5, 5.41) is 3.48. The van der Waals surface area contributed by atoms with Crippen molar-refractivity contribution in [2.45, 2.75) is 0 Å².